The number of nitrogens with one attached hydrogen (secondary N) is 2. The van der Waals surface area contributed by atoms with Crippen LogP contribution < -0.4 is 10.6 Å². The first-order chi connectivity index (χ1) is 14.2. The molecule has 0 spiro atoms. The summed E-state index contributed by atoms with van der Waals surface area (Å²) in [6.45, 7) is 6.08. The van der Waals surface area contributed by atoms with Gasteiger partial charge in [0.25, 0.3) is 0 Å². The topological polar surface area (TPSA) is 85.0 Å². The predicted octanol–water partition coefficient (Wildman–Crippen LogP) is 6.40. The minimum Gasteiger partial charge on any atom is -0.443 e. The number of oxazole rings is 1. The molecule has 0 saturated carbocycles. The second-order valence-corrected chi connectivity index (χ2v) is 8.51. The van der Waals surface area contributed by atoms with Gasteiger partial charge in [-0.1, -0.05) is 29.3 Å². The summed E-state index contributed by atoms with van der Waals surface area (Å²) in [5, 5.41) is 10.9. The molecule has 0 aliphatic carbocycles. The number of carbonyl (C=O) groups is 1. The number of halogens is 2. The number of hydrogen-bond donors (Lipinski definition) is 2. The number of hydrogen-bond acceptors (Lipinski definition) is 4. The number of rotatable bonds is 3. The van der Waals surface area contributed by atoms with Crippen LogP contribution in [0.25, 0.3) is 22.4 Å². The molecule has 4 rings (SSSR count). The molecule has 0 saturated heterocycles. The molecule has 0 fully saturated rings. The summed E-state index contributed by atoms with van der Waals surface area (Å²) in [6, 6.07) is 10.1. The molecule has 0 aliphatic rings. The first-order valence-corrected chi connectivity index (χ1v) is 9.94. The Morgan fingerprint density at radius 1 is 1.10 bits per heavy atom. The normalized spacial score (nSPS) is 11.6. The number of aromatic nitrogens is 3. The molecule has 4 aromatic rings. The smallest absolute Gasteiger partial charge is 0.323 e. The highest BCUT2D eigenvalue weighted by atomic mass is 35.5. The third-order valence-electron chi connectivity index (χ3n) is 4.45. The minimum absolute atomic E-state index is 0.274. The molecule has 9 heteroatoms. The van der Waals surface area contributed by atoms with Crippen LogP contribution in [-0.4, -0.2) is 20.8 Å². The van der Waals surface area contributed by atoms with E-state index >= 15 is 0 Å². The monoisotopic (exact) mass is 443 g/mol. The Hall–Kier alpha value is -3.03. The SMILES string of the molecule is CC(C)(C)n1cc(NC(=O)Nc2cccc(Cl)c2Cl)c(-c2ccc3ocnc3c2)n1. The molecule has 154 valence electrons. The average molecular weight is 444 g/mol. The fourth-order valence-electron chi connectivity index (χ4n) is 2.90. The van der Waals surface area contributed by atoms with Crippen LogP contribution in [0.4, 0.5) is 16.2 Å². The Labute approximate surface area is 183 Å². The zero-order valence-corrected chi connectivity index (χ0v) is 18.0. The second kappa shape index (κ2) is 7.66. The molecular weight excluding hydrogens is 425 g/mol. The molecule has 2 N–H and O–H groups in total. The molecule has 2 heterocycles. The lowest BCUT2D eigenvalue weighted by molar-refractivity contribution is 0.262. The van der Waals surface area contributed by atoms with Crippen molar-refractivity contribution in [3.8, 4) is 11.3 Å². The van der Waals surface area contributed by atoms with E-state index in [1.807, 2.05) is 39.0 Å². The van der Waals surface area contributed by atoms with Crippen molar-refractivity contribution in [2.24, 2.45) is 0 Å². The Bertz CT molecular complexity index is 1240. The van der Waals surface area contributed by atoms with Crippen molar-refractivity contribution in [1.29, 1.82) is 0 Å². The van der Waals surface area contributed by atoms with E-state index in [-0.39, 0.29) is 10.6 Å². The van der Waals surface area contributed by atoms with Crippen molar-refractivity contribution in [2.45, 2.75) is 26.3 Å². The van der Waals surface area contributed by atoms with Crippen molar-refractivity contribution < 1.29 is 9.21 Å². The summed E-state index contributed by atoms with van der Waals surface area (Å²) in [5.41, 5.74) is 3.48. The first kappa shape index (κ1) is 20.3. The molecule has 2 amide bonds. The van der Waals surface area contributed by atoms with E-state index in [9.17, 15) is 4.79 Å². The minimum atomic E-state index is -0.462. The molecule has 2 aromatic heterocycles. The van der Waals surface area contributed by atoms with Gasteiger partial charge in [0.05, 0.1) is 27.0 Å². The van der Waals surface area contributed by atoms with Gasteiger partial charge in [0.15, 0.2) is 12.0 Å². The van der Waals surface area contributed by atoms with Gasteiger partial charge in [-0.05, 0) is 51.1 Å². The molecule has 7 nitrogen and oxygen atoms in total. The van der Waals surface area contributed by atoms with Gasteiger partial charge in [-0.25, -0.2) is 9.78 Å². The number of carbonyl (C=O) groups excluding carboxylic acids is 1. The van der Waals surface area contributed by atoms with Crippen LogP contribution in [0.3, 0.4) is 0 Å². The second-order valence-electron chi connectivity index (χ2n) is 7.72. The molecule has 0 bridgehead atoms. The number of fused-ring (bicyclic) bond motifs is 1. The lowest BCUT2D eigenvalue weighted by Gasteiger charge is -2.18. The number of nitrogens with zero attached hydrogens (tertiary/aromatic N) is 3. The molecule has 0 atom stereocenters. The van der Waals surface area contributed by atoms with E-state index in [2.05, 4.69) is 15.6 Å². The first-order valence-electron chi connectivity index (χ1n) is 9.18. The van der Waals surface area contributed by atoms with E-state index in [4.69, 9.17) is 32.7 Å². The van der Waals surface area contributed by atoms with Crippen LogP contribution >= 0.6 is 23.2 Å². The van der Waals surface area contributed by atoms with Crippen LogP contribution in [0.5, 0.6) is 0 Å². The van der Waals surface area contributed by atoms with Gasteiger partial charge in [-0.3, -0.25) is 4.68 Å². The van der Waals surface area contributed by atoms with Crippen LogP contribution in [0, 0.1) is 0 Å². The van der Waals surface area contributed by atoms with Gasteiger partial charge in [0.2, 0.25) is 0 Å². The Morgan fingerprint density at radius 3 is 2.63 bits per heavy atom. The molecule has 0 unspecified atom stereocenters. The van der Waals surface area contributed by atoms with Crippen molar-refractivity contribution in [2.75, 3.05) is 10.6 Å². The van der Waals surface area contributed by atoms with E-state index in [1.165, 1.54) is 6.39 Å². The molecule has 0 radical (unpaired) electrons. The van der Waals surface area contributed by atoms with Gasteiger partial charge < -0.3 is 15.1 Å². The third kappa shape index (κ3) is 3.99. The van der Waals surface area contributed by atoms with Crippen LogP contribution in [-0.2, 0) is 5.54 Å². The van der Waals surface area contributed by atoms with Crippen LogP contribution in [0.1, 0.15) is 20.8 Å². The number of amides is 2. The third-order valence-corrected chi connectivity index (χ3v) is 5.27. The Kier molecular flexibility index (Phi) is 5.17. The lowest BCUT2D eigenvalue weighted by Crippen LogP contribution is -2.22. The van der Waals surface area contributed by atoms with Crippen LogP contribution in [0.2, 0.25) is 10.0 Å². The summed E-state index contributed by atoms with van der Waals surface area (Å²) in [5.74, 6) is 0. The van der Waals surface area contributed by atoms with Crippen molar-refractivity contribution in [3.63, 3.8) is 0 Å². The number of anilines is 2. The quantitative estimate of drug-likeness (QED) is 0.383. The molecule has 0 aliphatic heterocycles. The summed E-state index contributed by atoms with van der Waals surface area (Å²) in [7, 11) is 0. The highest BCUT2D eigenvalue weighted by Crippen LogP contribution is 2.32. The molecule has 2 aromatic carbocycles. The highest BCUT2D eigenvalue weighted by molar-refractivity contribution is 6.44. The van der Waals surface area contributed by atoms with Gasteiger partial charge in [0.1, 0.15) is 11.2 Å². The summed E-state index contributed by atoms with van der Waals surface area (Å²) in [6.07, 6.45) is 3.19. The van der Waals surface area contributed by atoms with E-state index in [1.54, 1.807) is 29.1 Å². The van der Waals surface area contributed by atoms with Gasteiger partial charge in [0, 0.05) is 11.8 Å². The standard InChI is InChI=1S/C21H19Cl2N5O2/c1-21(2,3)28-10-16(26-20(29)25-14-6-4-5-13(22)18(14)23)19(27-28)12-7-8-17-15(9-12)24-11-30-17/h4-11H,1-3H3,(H2,25,26,29). The fraction of sp³-hybridized carbons (Fsp3) is 0.190. The zero-order valence-electron chi connectivity index (χ0n) is 16.5. The maximum absolute atomic E-state index is 12.7. The maximum Gasteiger partial charge on any atom is 0.323 e. The summed E-state index contributed by atoms with van der Waals surface area (Å²) >= 11 is 12.2. The van der Waals surface area contributed by atoms with Gasteiger partial charge in [-0.15, -0.1) is 0 Å². The van der Waals surface area contributed by atoms with Crippen molar-refractivity contribution in [3.05, 3.63) is 59.0 Å². The maximum atomic E-state index is 12.7. The lowest BCUT2D eigenvalue weighted by atomic mass is 10.1. The average Bonchev–Trinajstić information content (AvgIpc) is 3.31. The largest absolute Gasteiger partial charge is 0.443 e. The molecule has 30 heavy (non-hydrogen) atoms. The Morgan fingerprint density at radius 2 is 1.87 bits per heavy atom. The number of urea groups is 1. The van der Waals surface area contributed by atoms with Crippen molar-refractivity contribution >= 4 is 51.7 Å². The highest BCUT2D eigenvalue weighted by Gasteiger charge is 2.21. The fourth-order valence-corrected chi connectivity index (χ4v) is 3.25. The summed E-state index contributed by atoms with van der Waals surface area (Å²) < 4.78 is 7.11. The zero-order chi connectivity index (χ0) is 21.5. The van der Waals surface area contributed by atoms with Crippen LogP contribution in [0.15, 0.2) is 53.4 Å². The Balaban J connectivity index is 1.68. The van der Waals surface area contributed by atoms with E-state index < -0.39 is 6.03 Å². The predicted molar refractivity (Wildman–Crippen MR) is 119 cm³/mol. The van der Waals surface area contributed by atoms with Crippen molar-refractivity contribution in [1.82, 2.24) is 14.8 Å². The molecular formula is C21H19Cl2N5O2. The number of benzene rings is 2. The van der Waals surface area contributed by atoms with E-state index in [0.29, 0.717) is 33.2 Å². The van der Waals surface area contributed by atoms with Gasteiger partial charge in [-0.2, -0.15) is 5.10 Å². The summed E-state index contributed by atoms with van der Waals surface area (Å²) in [4.78, 5) is 16.9. The van der Waals surface area contributed by atoms with Gasteiger partial charge >= 0.3 is 6.03 Å². The van der Waals surface area contributed by atoms with E-state index in [0.717, 1.165) is 5.56 Å².